The summed E-state index contributed by atoms with van der Waals surface area (Å²) in [4.78, 5) is 0. The van der Waals surface area contributed by atoms with E-state index in [0.29, 0.717) is 5.92 Å². The lowest BCUT2D eigenvalue weighted by atomic mass is 9.68. The van der Waals surface area contributed by atoms with Crippen LogP contribution in [0.3, 0.4) is 0 Å². The molecule has 0 N–H and O–H groups in total. The molecular weight excluding hydrogens is 819 g/mol. The van der Waals surface area contributed by atoms with Gasteiger partial charge in [-0.3, -0.25) is 0 Å². The van der Waals surface area contributed by atoms with Crippen LogP contribution in [-0.2, 0) is 30.2 Å². The molecule has 68 heavy (non-hydrogen) atoms. The minimum absolute atomic E-state index is 0.0218. The Morgan fingerprint density at radius 3 is 1.99 bits per heavy atom. The van der Waals surface area contributed by atoms with Gasteiger partial charge in [0.05, 0.1) is 11.0 Å². The molecule has 9 rings (SSSR count). The first-order valence-electron chi connectivity index (χ1n) is 27.0. The lowest BCUT2D eigenvalue weighted by Gasteiger charge is -2.36. The first kappa shape index (κ1) is 47.8. The van der Waals surface area contributed by atoms with Gasteiger partial charge in [0, 0.05) is 23.0 Å². The van der Waals surface area contributed by atoms with E-state index in [2.05, 4.69) is 199 Å². The second kappa shape index (κ2) is 20.8. The van der Waals surface area contributed by atoms with E-state index in [-0.39, 0.29) is 16.2 Å². The number of hydrogen-bond acceptors (Lipinski definition) is 0. The van der Waals surface area contributed by atoms with Crippen LogP contribution in [-0.4, -0.2) is 0 Å². The molecule has 1 nitrogen and oxygen atoms in total. The van der Waals surface area contributed by atoms with Gasteiger partial charge >= 0.3 is 0 Å². The van der Waals surface area contributed by atoms with Crippen molar-refractivity contribution in [1.29, 1.82) is 0 Å². The maximum Gasteiger partial charge on any atom is 0.212 e. The Bertz CT molecular complexity index is 2750. The zero-order valence-electron chi connectivity index (χ0n) is 42.9. The lowest BCUT2D eigenvalue weighted by molar-refractivity contribution is -0.697. The normalized spacial score (nSPS) is 18.0. The molecule has 2 atom stereocenters. The highest BCUT2D eigenvalue weighted by Gasteiger charge is 2.46. The predicted octanol–water partition coefficient (Wildman–Crippen LogP) is 18.3. The third kappa shape index (κ3) is 9.93. The van der Waals surface area contributed by atoms with Crippen molar-refractivity contribution in [2.45, 2.75) is 174 Å². The Morgan fingerprint density at radius 1 is 0.559 bits per heavy atom. The molecule has 1 heteroatoms. The molecule has 0 fully saturated rings. The molecular formula is C67H80N+. The first-order valence-corrected chi connectivity index (χ1v) is 27.0. The summed E-state index contributed by atoms with van der Waals surface area (Å²) in [7, 11) is 0. The van der Waals surface area contributed by atoms with Crippen LogP contribution in [0.2, 0.25) is 0 Å². The number of hydrogen-bond donors (Lipinski definition) is 0. The third-order valence-electron chi connectivity index (χ3n) is 16.8. The number of nitrogens with zero attached hydrogens (tertiary/aromatic N) is 1. The van der Waals surface area contributed by atoms with Gasteiger partial charge in [-0.1, -0.05) is 221 Å². The van der Waals surface area contributed by atoms with Crippen molar-refractivity contribution in [2.75, 3.05) is 0 Å². The lowest BCUT2D eigenvalue weighted by Crippen LogP contribution is -2.51. The zero-order chi connectivity index (χ0) is 47.3. The van der Waals surface area contributed by atoms with Crippen LogP contribution >= 0.6 is 0 Å². The highest BCUT2D eigenvalue weighted by molar-refractivity contribution is 5.85. The SMILES string of the molecule is CCCCCCCCC1(C)c2ccccc2-c2cc3c(cc21)-c1ccc(C2=CC(c4cccc(-c5cccc(CCCCCCc6ccccc6)c5)c4)CC(C(C)(C)C)=C2)c[n+]1CC3(CC)CC. The van der Waals surface area contributed by atoms with Gasteiger partial charge in [-0.25, -0.2) is 0 Å². The number of aromatic nitrogens is 1. The number of aryl methyl sites for hydroxylation is 2. The molecule has 0 bridgehead atoms. The van der Waals surface area contributed by atoms with Crippen molar-refractivity contribution < 1.29 is 4.57 Å². The van der Waals surface area contributed by atoms with E-state index < -0.39 is 0 Å². The number of pyridine rings is 1. The molecule has 3 aliphatic rings. The Hall–Kier alpha value is -5.27. The fraction of sp³-hybridized carbons (Fsp3) is 0.418. The van der Waals surface area contributed by atoms with E-state index in [1.165, 1.54) is 150 Å². The van der Waals surface area contributed by atoms with Gasteiger partial charge in [-0.2, -0.15) is 4.57 Å². The van der Waals surface area contributed by atoms with Crippen LogP contribution in [0, 0.1) is 5.41 Å². The second-order valence-corrected chi connectivity index (χ2v) is 22.3. The molecule has 0 saturated carbocycles. The monoisotopic (exact) mass is 899 g/mol. The predicted molar refractivity (Wildman–Crippen MR) is 291 cm³/mol. The molecule has 1 aliphatic heterocycles. The number of allylic oxidation sites excluding steroid dienone is 4. The molecule has 2 heterocycles. The zero-order valence-corrected chi connectivity index (χ0v) is 42.9. The van der Waals surface area contributed by atoms with Gasteiger partial charge in [0.25, 0.3) is 0 Å². The van der Waals surface area contributed by atoms with Crippen LogP contribution in [0.1, 0.15) is 183 Å². The Labute approximate surface area is 411 Å². The summed E-state index contributed by atoms with van der Waals surface area (Å²) in [5, 5.41) is 0. The van der Waals surface area contributed by atoms with Gasteiger partial charge in [0.2, 0.25) is 5.69 Å². The van der Waals surface area contributed by atoms with Crippen LogP contribution in [0.4, 0.5) is 0 Å². The average molecular weight is 899 g/mol. The molecule has 352 valence electrons. The summed E-state index contributed by atoms with van der Waals surface area (Å²) in [6, 6.07) is 49.4. The van der Waals surface area contributed by atoms with Crippen molar-refractivity contribution in [3.8, 4) is 33.5 Å². The summed E-state index contributed by atoms with van der Waals surface area (Å²) in [5.74, 6) is 0.309. The number of rotatable bonds is 19. The van der Waals surface area contributed by atoms with Crippen LogP contribution in [0.25, 0.3) is 39.1 Å². The van der Waals surface area contributed by atoms with E-state index in [1.54, 1.807) is 11.1 Å². The smallest absolute Gasteiger partial charge is 0.197 e. The minimum Gasteiger partial charge on any atom is -0.197 e. The van der Waals surface area contributed by atoms with Gasteiger partial charge in [0.15, 0.2) is 12.7 Å². The van der Waals surface area contributed by atoms with E-state index in [9.17, 15) is 0 Å². The summed E-state index contributed by atoms with van der Waals surface area (Å²) in [6.45, 7) is 17.9. The maximum absolute atomic E-state index is 2.66. The third-order valence-corrected chi connectivity index (χ3v) is 16.8. The van der Waals surface area contributed by atoms with Crippen LogP contribution in [0.5, 0.6) is 0 Å². The topological polar surface area (TPSA) is 3.88 Å². The standard InChI is InChI=1S/C67H80N/c1-8-11-12-13-16-24-39-66(7)61-36-23-22-35-58(61)59-45-63-60(46-62(59)66)64-38-37-54(47-68(64)48-67(63,9-2)10-3)56-42-55(43-57(44-56)65(4,5)6)53-34-26-33-52(41-53)51-32-25-31-50(40-51)30-19-15-14-18-27-49-28-20-17-21-29-49/h17,20-23,25-26,28-29,31-38,40-42,44-47,55H,8-16,18-19,24,27,30,39,43,48H2,1-7H3/q+1. The number of fused-ring (bicyclic) bond motifs is 6. The molecule has 6 aromatic rings. The van der Waals surface area contributed by atoms with Crippen molar-refractivity contribution in [2.24, 2.45) is 5.41 Å². The molecule has 5 aromatic carbocycles. The summed E-state index contributed by atoms with van der Waals surface area (Å²) in [6.07, 6.45) is 27.6. The van der Waals surface area contributed by atoms with E-state index in [1.807, 2.05) is 0 Å². The van der Waals surface area contributed by atoms with Gasteiger partial charge in [-0.05, 0) is 136 Å². The Morgan fingerprint density at radius 2 is 1.22 bits per heavy atom. The van der Waals surface area contributed by atoms with Gasteiger partial charge in [0.1, 0.15) is 0 Å². The number of unbranched alkanes of at least 4 members (excludes halogenated alkanes) is 8. The van der Waals surface area contributed by atoms with Gasteiger partial charge in [-0.15, -0.1) is 0 Å². The molecule has 2 unspecified atom stereocenters. The fourth-order valence-electron chi connectivity index (χ4n) is 12.4. The Balaban J connectivity index is 0.995. The summed E-state index contributed by atoms with van der Waals surface area (Å²) < 4.78 is 2.65. The molecule has 1 aromatic heterocycles. The van der Waals surface area contributed by atoms with Crippen molar-refractivity contribution >= 4 is 5.57 Å². The average Bonchev–Trinajstić information content (AvgIpc) is 3.61. The molecule has 0 spiro atoms. The van der Waals surface area contributed by atoms with Gasteiger partial charge < -0.3 is 0 Å². The summed E-state index contributed by atoms with van der Waals surface area (Å²) in [5.41, 5.74) is 21.8. The summed E-state index contributed by atoms with van der Waals surface area (Å²) >= 11 is 0. The van der Waals surface area contributed by atoms with Crippen LogP contribution in [0.15, 0.2) is 151 Å². The molecule has 0 saturated heterocycles. The van der Waals surface area contributed by atoms with E-state index >= 15 is 0 Å². The van der Waals surface area contributed by atoms with Crippen LogP contribution < -0.4 is 4.57 Å². The number of benzene rings is 5. The first-order chi connectivity index (χ1) is 33.0. The molecule has 0 radical (unpaired) electrons. The second-order valence-electron chi connectivity index (χ2n) is 22.3. The van der Waals surface area contributed by atoms with E-state index in [0.717, 1.165) is 32.2 Å². The minimum atomic E-state index is 0.0218. The fourth-order valence-corrected chi connectivity index (χ4v) is 12.4. The van der Waals surface area contributed by atoms with Crippen molar-refractivity contribution in [1.82, 2.24) is 0 Å². The van der Waals surface area contributed by atoms with E-state index in [4.69, 9.17) is 0 Å². The largest absolute Gasteiger partial charge is 0.212 e. The highest BCUT2D eigenvalue weighted by Crippen LogP contribution is 2.55. The Kier molecular flexibility index (Phi) is 14.6. The maximum atomic E-state index is 2.66. The quantitative estimate of drug-likeness (QED) is 0.0563. The van der Waals surface area contributed by atoms with Crippen molar-refractivity contribution in [3.05, 3.63) is 190 Å². The molecule has 0 amide bonds. The van der Waals surface area contributed by atoms with Crippen molar-refractivity contribution in [3.63, 3.8) is 0 Å². The highest BCUT2D eigenvalue weighted by atomic mass is 15.0. The molecule has 2 aliphatic carbocycles.